The minimum absolute atomic E-state index is 0.00272. The Bertz CT molecular complexity index is 460. The molecule has 1 rings (SSSR count). The van der Waals surface area contributed by atoms with Crippen molar-refractivity contribution in [3.8, 4) is 0 Å². The molecule has 20 heavy (non-hydrogen) atoms. The first kappa shape index (κ1) is 16.1. The van der Waals surface area contributed by atoms with E-state index in [2.05, 4.69) is 9.97 Å². The number of nitrogens with two attached hydrogens (primary N) is 1. The molecule has 0 saturated heterocycles. The zero-order valence-electron chi connectivity index (χ0n) is 11.8. The van der Waals surface area contributed by atoms with Gasteiger partial charge in [0.15, 0.2) is 0 Å². The lowest BCUT2D eigenvalue weighted by molar-refractivity contribution is -0.385. The van der Waals surface area contributed by atoms with E-state index in [1.807, 2.05) is 0 Å². The fourth-order valence-corrected chi connectivity index (χ4v) is 1.73. The molecule has 1 aromatic rings. The molecule has 2 N–H and O–H groups in total. The molecule has 0 atom stereocenters. The first-order valence-corrected chi connectivity index (χ1v) is 6.02. The number of nitrogens with zero attached hydrogens (tertiary/aromatic N) is 4. The number of rotatable bonds is 8. The molecule has 0 aliphatic carbocycles. The molecule has 1 aromatic heterocycles. The van der Waals surface area contributed by atoms with Gasteiger partial charge in [0.1, 0.15) is 5.69 Å². The van der Waals surface area contributed by atoms with Crippen molar-refractivity contribution in [3.63, 3.8) is 0 Å². The van der Waals surface area contributed by atoms with Crippen molar-refractivity contribution in [1.29, 1.82) is 0 Å². The summed E-state index contributed by atoms with van der Waals surface area (Å²) in [5.74, 6) is 0.192. The Morgan fingerprint density at radius 2 is 1.80 bits per heavy atom. The van der Waals surface area contributed by atoms with E-state index in [1.165, 1.54) is 6.92 Å². The van der Waals surface area contributed by atoms with Gasteiger partial charge in [0.2, 0.25) is 11.8 Å². The number of anilines is 2. The summed E-state index contributed by atoms with van der Waals surface area (Å²) in [6, 6.07) is 0. The second-order valence-corrected chi connectivity index (χ2v) is 4.07. The van der Waals surface area contributed by atoms with Gasteiger partial charge in [-0.15, -0.1) is 0 Å². The van der Waals surface area contributed by atoms with Crippen molar-refractivity contribution in [3.05, 3.63) is 15.8 Å². The fraction of sp³-hybridized carbons (Fsp3) is 0.636. The lowest BCUT2D eigenvalue weighted by Crippen LogP contribution is -2.32. The average Bonchev–Trinajstić information content (AvgIpc) is 2.37. The standard InChI is InChI=1S/C11H19N5O4/c1-8-9(16(17)18)10(14-11(12)13-8)15(4-6-19-2)5-7-20-3/h4-7H2,1-3H3,(H2,12,13,14). The van der Waals surface area contributed by atoms with Crippen LogP contribution in [0.1, 0.15) is 5.69 Å². The van der Waals surface area contributed by atoms with E-state index < -0.39 is 4.92 Å². The number of hydrogen-bond acceptors (Lipinski definition) is 8. The van der Waals surface area contributed by atoms with Crippen LogP contribution in [0.5, 0.6) is 0 Å². The number of methoxy groups -OCH3 is 2. The fourth-order valence-electron chi connectivity index (χ4n) is 1.73. The van der Waals surface area contributed by atoms with E-state index in [4.69, 9.17) is 15.2 Å². The number of aromatic nitrogens is 2. The molecule has 0 bridgehead atoms. The second kappa shape index (κ2) is 7.56. The predicted octanol–water partition coefficient (Wildman–Crippen LogP) is 0.375. The van der Waals surface area contributed by atoms with Crippen LogP contribution in [0.2, 0.25) is 0 Å². The van der Waals surface area contributed by atoms with Gasteiger partial charge >= 0.3 is 5.69 Å². The van der Waals surface area contributed by atoms with Crippen LogP contribution in [-0.4, -0.2) is 55.4 Å². The summed E-state index contributed by atoms with van der Waals surface area (Å²) in [6.45, 7) is 3.23. The third kappa shape index (κ3) is 4.00. The van der Waals surface area contributed by atoms with Crippen LogP contribution < -0.4 is 10.6 Å². The molecule has 112 valence electrons. The normalized spacial score (nSPS) is 10.6. The molecule has 0 radical (unpaired) electrons. The zero-order chi connectivity index (χ0) is 15.1. The van der Waals surface area contributed by atoms with E-state index in [0.717, 1.165) is 0 Å². The molecule has 9 nitrogen and oxygen atoms in total. The van der Waals surface area contributed by atoms with Crippen LogP contribution in [-0.2, 0) is 9.47 Å². The molecule has 9 heteroatoms. The first-order chi connectivity index (χ1) is 9.51. The number of aryl methyl sites for hydroxylation is 1. The van der Waals surface area contributed by atoms with Crippen LogP contribution in [0.3, 0.4) is 0 Å². The van der Waals surface area contributed by atoms with Gasteiger partial charge in [0.25, 0.3) is 0 Å². The summed E-state index contributed by atoms with van der Waals surface area (Å²) in [4.78, 5) is 20.2. The maximum Gasteiger partial charge on any atom is 0.332 e. The third-order valence-electron chi connectivity index (χ3n) is 2.67. The molecule has 0 spiro atoms. The highest BCUT2D eigenvalue weighted by atomic mass is 16.6. The largest absolute Gasteiger partial charge is 0.383 e. The van der Waals surface area contributed by atoms with Gasteiger partial charge < -0.3 is 20.1 Å². The quantitative estimate of drug-likeness (QED) is 0.538. The summed E-state index contributed by atoms with van der Waals surface area (Å²) in [7, 11) is 3.12. The van der Waals surface area contributed by atoms with Gasteiger partial charge in [-0.3, -0.25) is 10.1 Å². The minimum Gasteiger partial charge on any atom is -0.383 e. The van der Waals surface area contributed by atoms with Gasteiger partial charge in [-0.05, 0) is 6.92 Å². The SMILES string of the molecule is COCCN(CCOC)c1nc(N)nc(C)c1[N+](=O)[O-]. The molecule has 0 saturated carbocycles. The van der Waals surface area contributed by atoms with E-state index in [1.54, 1.807) is 19.1 Å². The van der Waals surface area contributed by atoms with Gasteiger partial charge in [-0.1, -0.05) is 0 Å². The Hall–Kier alpha value is -2.00. The number of hydrogen-bond donors (Lipinski definition) is 1. The van der Waals surface area contributed by atoms with Gasteiger partial charge in [0.05, 0.1) is 18.1 Å². The zero-order valence-corrected chi connectivity index (χ0v) is 11.8. The predicted molar refractivity (Wildman–Crippen MR) is 73.8 cm³/mol. The van der Waals surface area contributed by atoms with Crippen LogP contribution in [0.4, 0.5) is 17.5 Å². The van der Waals surface area contributed by atoms with Gasteiger partial charge in [-0.25, -0.2) is 4.98 Å². The Balaban J connectivity index is 3.18. The van der Waals surface area contributed by atoms with Crippen LogP contribution in [0, 0.1) is 17.0 Å². The Morgan fingerprint density at radius 3 is 2.25 bits per heavy atom. The van der Waals surface area contributed by atoms with Crippen molar-refractivity contribution in [1.82, 2.24) is 9.97 Å². The molecule has 1 heterocycles. The molecule has 0 aliphatic heterocycles. The lowest BCUT2D eigenvalue weighted by atomic mass is 10.3. The Labute approximate surface area is 116 Å². The Kier molecular flexibility index (Phi) is 6.07. The van der Waals surface area contributed by atoms with Crippen molar-refractivity contribution in [2.45, 2.75) is 6.92 Å². The Morgan fingerprint density at radius 1 is 1.25 bits per heavy atom. The highest BCUT2D eigenvalue weighted by molar-refractivity contribution is 5.62. The first-order valence-electron chi connectivity index (χ1n) is 6.02. The van der Waals surface area contributed by atoms with E-state index in [9.17, 15) is 10.1 Å². The smallest absolute Gasteiger partial charge is 0.332 e. The van der Waals surface area contributed by atoms with E-state index in [-0.39, 0.29) is 23.1 Å². The van der Waals surface area contributed by atoms with E-state index >= 15 is 0 Å². The number of nitro groups is 1. The van der Waals surface area contributed by atoms with Crippen LogP contribution in [0.25, 0.3) is 0 Å². The summed E-state index contributed by atoms with van der Waals surface area (Å²) in [5, 5.41) is 11.2. The monoisotopic (exact) mass is 285 g/mol. The van der Waals surface area contributed by atoms with Crippen LogP contribution in [0.15, 0.2) is 0 Å². The van der Waals surface area contributed by atoms with Crippen LogP contribution >= 0.6 is 0 Å². The molecule has 0 amide bonds. The van der Waals surface area contributed by atoms with Crippen molar-refractivity contribution in [2.75, 3.05) is 51.2 Å². The van der Waals surface area contributed by atoms with Crippen molar-refractivity contribution >= 4 is 17.5 Å². The lowest BCUT2D eigenvalue weighted by Gasteiger charge is -2.23. The number of nitrogen functional groups attached to an aromatic ring is 1. The summed E-state index contributed by atoms with van der Waals surface area (Å²) >= 11 is 0. The van der Waals surface area contributed by atoms with Crippen molar-refractivity contribution in [2.24, 2.45) is 0 Å². The molecule has 0 fully saturated rings. The average molecular weight is 285 g/mol. The van der Waals surface area contributed by atoms with Crippen molar-refractivity contribution < 1.29 is 14.4 Å². The summed E-state index contributed by atoms with van der Waals surface area (Å²) in [5.41, 5.74) is 5.68. The molecule has 0 aliphatic rings. The third-order valence-corrected chi connectivity index (χ3v) is 2.67. The summed E-state index contributed by atoms with van der Waals surface area (Å²) in [6.07, 6.45) is 0. The second-order valence-electron chi connectivity index (χ2n) is 4.07. The van der Waals surface area contributed by atoms with E-state index in [0.29, 0.717) is 26.3 Å². The maximum atomic E-state index is 11.2. The summed E-state index contributed by atoms with van der Waals surface area (Å²) < 4.78 is 10.0. The molecular weight excluding hydrogens is 266 g/mol. The van der Waals surface area contributed by atoms with Gasteiger partial charge in [-0.2, -0.15) is 4.98 Å². The molecule has 0 unspecified atom stereocenters. The highest BCUT2D eigenvalue weighted by Gasteiger charge is 2.25. The highest BCUT2D eigenvalue weighted by Crippen LogP contribution is 2.28. The topological polar surface area (TPSA) is 117 Å². The minimum atomic E-state index is -0.503. The number of ether oxygens (including phenoxy) is 2. The van der Waals surface area contributed by atoms with Gasteiger partial charge in [0, 0.05) is 27.3 Å². The maximum absolute atomic E-state index is 11.2. The molecule has 0 aromatic carbocycles. The molecular formula is C11H19N5O4.